The monoisotopic (exact) mass is 452 g/mol. The lowest BCUT2D eigenvalue weighted by Crippen LogP contribution is -2.55. The summed E-state index contributed by atoms with van der Waals surface area (Å²) in [5, 5.41) is 9.77. The van der Waals surface area contributed by atoms with Gasteiger partial charge in [-0.1, -0.05) is 72.3 Å². The average Bonchev–Trinajstić information content (AvgIpc) is 3.19. The minimum absolute atomic E-state index is 0.0891. The van der Waals surface area contributed by atoms with E-state index in [2.05, 4.69) is 0 Å². The number of carboxylic acids is 1. The van der Waals surface area contributed by atoms with Gasteiger partial charge in [0.2, 0.25) is 0 Å². The highest BCUT2D eigenvalue weighted by Crippen LogP contribution is 2.43. The molecule has 6 heteroatoms. The number of carboxylic acid groups (broad SMARTS) is 1. The third-order valence-corrected chi connectivity index (χ3v) is 7.21. The van der Waals surface area contributed by atoms with Crippen molar-refractivity contribution in [1.82, 2.24) is 0 Å². The minimum atomic E-state index is -1.10. The van der Waals surface area contributed by atoms with E-state index in [1.807, 2.05) is 60.7 Å². The fourth-order valence-electron chi connectivity index (χ4n) is 4.40. The Bertz CT molecular complexity index is 1050. The van der Waals surface area contributed by atoms with Gasteiger partial charge >= 0.3 is 5.97 Å². The van der Waals surface area contributed by atoms with Crippen LogP contribution in [-0.2, 0) is 20.8 Å². The van der Waals surface area contributed by atoms with Crippen molar-refractivity contribution in [2.24, 2.45) is 17.8 Å². The molecule has 1 N–H and O–H groups in total. The van der Waals surface area contributed by atoms with Crippen molar-refractivity contribution in [3.05, 3.63) is 93.1 Å². The normalized spacial score (nSPS) is 20.5. The quantitative estimate of drug-likeness (QED) is 0.474. The minimum Gasteiger partial charge on any atom is -0.481 e. The first kappa shape index (κ1) is 21.5. The van der Waals surface area contributed by atoms with E-state index >= 15 is 0 Å². The molecule has 0 spiro atoms. The van der Waals surface area contributed by atoms with Gasteiger partial charge in [0.1, 0.15) is 11.6 Å². The van der Waals surface area contributed by atoms with Gasteiger partial charge < -0.3 is 5.11 Å². The molecular formula is C25H21ClO4S. The molecule has 1 aromatic heterocycles. The Morgan fingerprint density at radius 3 is 2.00 bits per heavy atom. The number of hydrogen-bond acceptors (Lipinski definition) is 4. The Balaban J connectivity index is 1.55. The zero-order valence-corrected chi connectivity index (χ0v) is 18.2. The first-order valence-corrected chi connectivity index (χ1v) is 11.3. The second-order valence-corrected chi connectivity index (χ2v) is 9.60. The first-order chi connectivity index (χ1) is 15.0. The van der Waals surface area contributed by atoms with Crippen LogP contribution in [0.4, 0.5) is 0 Å². The Morgan fingerprint density at radius 2 is 1.52 bits per heavy atom. The summed E-state index contributed by atoms with van der Waals surface area (Å²) in [6.07, 6.45) is 0.392. The van der Waals surface area contributed by atoms with Crippen molar-refractivity contribution >= 4 is 40.5 Å². The number of Topliss-reactive ketones (excluding diaryl/α,β-unsaturated/α-hetero) is 2. The maximum absolute atomic E-state index is 13.2. The highest BCUT2D eigenvalue weighted by Gasteiger charge is 2.56. The summed E-state index contributed by atoms with van der Waals surface area (Å²) in [6, 6.07) is 22.8. The second kappa shape index (κ2) is 9.16. The molecule has 0 bridgehead atoms. The molecule has 31 heavy (non-hydrogen) atoms. The van der Waals surface area contributed by atoms with E-state index in [1.165, 1.54) is 11.3 Å². The van der Waals surface area contributed by atoms with Crippen LogP contribution < -0.4 is 0 Å². The van der Waals surface area contributed by atoms with Gasteiger partial charge in [-0.05, 0) is 29.7 Å². The average molecular weight is 453 g/mol. The predicted molar refractivity (Wildman–Crippen MR) is 120 cm³/mol. The van der Waals surface area contributed by atoms with E-state index in [0.29, 0.717) is 10.8 Å². The number of hydrogen-bond donors (Lipinski definition) is 1. The largest absolute Gasteiger partial charge is 0.481 e. The summed E-state index contributed by atoms with van der Waals surface area (Å²) in [6.45, 7) is 0. The van der Waals surface area contributed by atoms with Gasteiger partial charge in [0, 0.05) is 23.1 Å². The summed E-state index contributed by atoms with van der Waals surface area (Å²) in [4.78, 5) is 38.9. The standard InChI is InChI=1S/C25H21ClO4S/c26-21-12-11-17(31-21)13-19-22(25(29)30)23(24(19)28)20(27)14-18(15-7-3-1-4-8-15)16-9-5-2-6-10-16/h1-12,18-19,22-23H,13-14H2,(H,29,30)/t19-,22-,23?/m1/s1. The summed E-state index contributed by atoms with van der Waals surface area (Å²) in [7, 11) is 0. The van der Waals surface area contributed by atoms with Crippen LogP contribution in [0.2, 0.25) is 4.34 Å². The van der Waals surface area contributed by atoms with Crippen molar-refractivity contribution < 1.29 is 19.5 Å². The lowest BCUT2D eigenvalue weighted by atomic mass is 9.59. The Hall–Kier alpha value is -2.76. The van der Waals surface area contributed by atoms with E-state index in [4.69, 9.17) is 11.6 Å². The van der Waals surface area contributed by atoms with E-state index in [-0.39, 0.29) is 23.9 Å². The summed E-state index contributed by atoms with van der Waals surface area (Å²) in [5.74, 6) is -4.68. The molecule has 4 nitrogen and oxygen atoms in total. The zero-order valence-electron chi connectivity index (χ0n) is 16.6. The van der Waals surface area contributed by atoms with Gasteiger partial charge in [-0.2, -0.15) is 0 Å². The van der Waals surface area contributed by atoms with Crippen molar-refractivity contribution in [1.29, 1.82) is 0 Å². The highest BCUT2D eigenvalue weighted by atomic mass is 35.5. The molecule has 1 unspecified atom stereocenters. The molecule has 1 heterocycles. The smallest absolute Gasteiger partial charge is 0.308 e. The molecule has 0 saturated heterocycles. The molecule has 1 aliphatic rings. The van der Waals surface area contributed by atoms with E-state index in [0.717, 1.165) is 16.0 Å². The van der Waals surface area contributed by atoms with Gasteiger partial charge in [0.15, 0.2) is 0 Å². The molecule has 3 aromatic rings. The van der Waals surface area contributed by atoms with Crippen molar-refractivity contribution in [3.8, 4) is 0 Å². The van der Waals surface area contributed by atoms with Crippen molar-refractivity contribution in [3.63, 3.8) is 0 Å². The highest BCUT2D eigenvalue weighted by molar-refractivity contribution is 7.16. The maximum Gasteiger partial charge on any atom is 0.308 e. The van der Waals surface area contributed by atoms with Gasteiger partial charge in [0.05, 0.1) is 16.2 Å². The van der Waals surface area contributed by atoms with Gasteiger partial charge in [0.25, 0.3) is 0 Å². The molecule has 0 aliphatic heterocycles. The number of rotatable bonds is 8. The molecule has 2 aromatic carbocycles. The molecule has 1 fully saturated rings. The van der Waals surface area contributed by atoms with Crippen LogP contribution in [-0.4, -0.2) is 22.6 Å². The summed E-state index contributed by atoms with van der Waals surface area (Å²) >= 11 is 7.29. The third kappa shape index (κ3) is 4.48. The van der Waals surface area contributed by atoms with Crippen molar-refractivity contribution in [2.75, 3.05) is 0 Å². The van der Waals surface area contributed by atoms with Crippen LogP contribution in [0.3, 0.4) is 0 Å². The number of carbonyl (C=O) groups excluding carboxylic acids is 2. The molecule has 0 radical (unpaired) electrons. The SMILES string of the molecule is O=C(CC(c1ccccc1)c1ccccc1)C1C(=O)[C@H](Cc2ccc(Cl)s2)[C@H]1C(=O)O. The maximum atomic E-state index is 13.2. The zero-order chi connectivity index (χ0) is 22.0. The second-order valence-electron chi connectivity index (χ2n) is 7.80. The third-order valence-electron chi connectivity index (χ3n) is 5.96. The summed E-state index contributed by atoms with van der Waals surface area (Å²) < 4.78 is 0.592. The molecule has 0 amide bonds. The Labute approximate surface area is 189 Å². The summed E-state index contributed by atoms with van der Waals surface area (Å²) in [5.41, 5.74) is 1.93. The topological polar surface area (TPSA) is 71.4 Å². The number of thiophene rings is 1. The van der Waals surface area contributed by atoms with Crippen LogP contribution in [0.1, 0.15) is 28.3 Å². The fraction of sp³-hybridized carbons (Fsp3) is 0.240. The molecule has 158 valence electrons. The van der Waals surface area contributed by atoms with Crippen LogP contribution in [0.5, 0.6) is 0 Å². The molecule has 3 atom stereocenters. The van der Waals surface area contributed by atoms with E-state index in [9.17, 15) is 19.5 Å². The van der Waals surface area contributed by atoms with Gasteiger partial charge in [-0.3, -0.25) is 14.4 Å². The molecule has 1 saturated carbocycles. The molecular weight excluding hydrogens is 432 g/mol. The number of benzene rings is 2. The van der Waals surface area contributed by atoms with Crippen LogP contribution in [0, 0.1) is 17.8 Å². The number of aliphatic carboxylic acids is 1. The van der Waals surface area contributed by atoms with Gasteiger partial charge in [-0.25, -0.2) is 0 Å². The molecule has 4 rings (SSSR count). The van der Waals surface area contributed by atoms with Crippen LogP contribution in [0.25, 0.3) is 0 Å². The van der Waals surface area contributed by atoms with Crippen LogP contribution >= 0.6 is 22.9 Å². The number of carbonyl (C=O) groups is 3. The fourth-order valence-corrected chi connectivity index (χ4v) is 5.55. The van der Waals surface area contributed by atoms with E-state index < -0.39 is 23.7 Å². The number of ketones is 2. The predicted octanol–water partition coefficient (Wildman–Crippen LogP) is 5.25. The Kier molecular flexibility index (Phi) is 6.35. The van der Waals surface area contributed by atoms with Crippen LogP contribution in [0.15, 0.2) is 72.8 Å². The van der Waals surface area contributed by atoms with E-state index in [1.54, 1.807) is 12.1 Å². The Morgan fingerprint density at radius 1 is 0.935 bits per heavy atom. The van der Waals surface area contributed by atoms with Gasteiger partial charge in [-0.15, -0.1) is 11.3 Å². The van der Waals surface area contributed by atoms with Crippen molar-refractivity contribution in [2.45, 2.75) is 18.8 Å². The molecule has 1 aliphatic carbocycles. The number of halogens is 1. The lowest BCUT2D eigenvalue weighted by molar-refractivity contribution is -0.166. The lowest BCUT2D eigenvalue weighted by Gasteiger charge is -2.39. The first-order valence-electron chi connectivity index (χ1n) is 10.1.